The van der Waals surface area contributed by atoms with Crippen LogP contribution < -0.4 is 0 Å². The SMILES string of the molecule is CC(OC(=O)c1cc2c(c([N+](=O)[O-])c1)-c1c(cc([N+](=O)[O-])cc1[N+](=O)[O-])C2=O)c1ccccc1. The van der Waals surface area contributed by atoms with Gasteiger partial charge in [-0.25, -0.2) is 4.79 Å². The van der Waals surface area contributed by atoms with Gasteiger partial charge in [-0.05, 0) is 18.6 Å². The molecule has 1 aliphatic rings. The Balaban J connectivity index is 1.86. The van der Waals surface area contributed by atoms with Crippen molar-refractivity contribution in [2.24, 2.45) is 0 Å². The number of nitrogens with zero attached hydrogens (tertiary/aromatic N) is 3. The molecule has 12 heteroatoms. The Morgan fingerprint density at radius 3 is 1.94 bits per heavy atom. The van der Waals surface area contributed by atoms with Crippen LogP contribution in [0.2, 0.25) is 0 Å². The lowest BCUT2D eigenvalue weighted by Crippen LogP contribution is -2.11. The summed E-state index contributed by atoms with van der Waals surface area (Å²) in [5.74, 6) is -1.86. The fraction of sp³-hybridized carbons (Fsp3) is 0.0909. The van der Waals surface area contributed by atoms with E-state index in [1.807, 2.05) is 0 Å². The molecule has 1 atom stereocenters. The normalized spacial score (nSPS) is 12.4. The maximum atomic E-state index is 13.0. The first-order valence-corrected chi connectivity index (χ1v) is 9.70. The molecule has 0 aromatic heterocycles. The fourth-order valence-corrected chi connectivity index (χ4v) is 3.80. The molecule has 0 saturated carbocycles. The van der Waals surface area contributed by atoms with Gasteiger partial charge in [-0.1, -0.05) is 30.3 Å². The van der Waals surface area contributed by atoms with Crippen molar-refractivity contribution in [2.75, 3.05) is 0 Å². The molecule has 3 aromatic carbocycles. The number of benzene rings is 3. The summed E-state index contributed by atoms with van der Waals surface area (Å²) in [6.45, 7) is 1.60. The van der Waals surface area contributed by atoms with Crippen LogP contribution in [0, 0.1) is 30.3 Å². The van der Waals surface area contributed by atoms with Gasteiger partial charge in [0.25, 0.3) is 17.1 Å². The summed E-state index contributed by atoms with van der Waals surface area (Å²) >= 11 is 0. The number of nitro groups is 3. The highest BCUT2D eigenvalue weighted by Crippen LogP contribution is 2.49. The monoisotopic (exact) mass is 463 g/mol. The van der Waals surface area contributed by atoms with Crippen molar-refractivity contribution in [3.63, 3.8) is 0 Å². The van der Waals surface area contributed by atoms with Gasteiger partial charge < -0.3 is 4.74 Å². The Kier molecular flexibility index (Phi) is 5.33. The van der Waals surface area contributed by atoms with Gasteiger partial charge in [0.2, 0.25) is 0 Å². The van der Waals surface area contributed by atoms with Gasteiger partial charge in [-0.15, -0.1) is 0 Å². The number of hydrogen-bond donors (Lipinski definition) is 0. The lowest BCUT2D eigenvalue weighted by molar-refractivity contribution is -0.394. The average Bonchev–Trinajstić information content (AvgIpc) is 3.10. The zero-order chi connectivity index (χ0) is 24.7. The molecule has 170 valence electrons. The molecular formula is C22H13N3O9. The number of carbonyl (C=O) groups is 2. The highest BCUT2D eigenvalue weighted by Gasteiger charge is 2.41. The van der Waals surface area contributed by atoms with Crippen molar-refractivity contribution in [1.29, 1.82) is 0 Å². The van der Waals surface area contributed by atoms with E-state index in [0.717, 1.165) is 18.2 Å². The topological polar surface area (TPSA) is 173 Å². The van der Waals surface area contributed by atoms with Crippen molar-refractivity contribution in [3.05, 3.63) is 107 Å². The van der Waals surface area contributed by atoms with E-state index in [1.54, 1.807) is 37.3 Å². The maximum Gasteiger partial charge on any atom is 0.339 e. The molecule has 34 heavy (non-hydrogen) atoms. The zero-order valence-corrected chi connectivity index (χ0v) is 17.3. The highest BCUT2D eigenvalue weighted by atomic mass is 16.6. The molecular weight excluding hydrogens is 450 g/mol. The van der Waals surface area contributed by atoms with Gasteiger partial charge in [0.05, 0.1) is 37.5 Å². The molecule has 0 fully saturated rings. The van der Waals surface area contributed by atoms with Crippen LogP contribution in [-0.2, 0) is 4.74 Å². The van der Waals surface area contributed by atoms with Crippen LogP contribution >= 0.6 is 0 Å². The van der Waals surface area contributed by atoms with E-state index in [4.69, 9.17) is 4.74 Å². The molecule has 0 bridgehead atoms. The summed E-state index contributed by atoms with van der Waals surface area (Å²) in [7, 11) is 0. The number of hydrogen-bond acceptors (Lipinski definition) is 9. The summed E-state index contributed by atoms with van der Waals surface area (Å²) in [6, 6.07) is 12.0. The predicted molar refractivity (Wildman–Crippen MR) is 116 cm³/mol. The first-order valence-electron chi connectivity index (χ1n) is 9.70. The number of ketones is 1. The number of ether oxygens (including phenoxy) is 1. The lowest BCUT2D eigenvalue weighted by Gasteiger charge is -2.14. The van der Waals surface area contributed by atoms with Crippen LogP contribution in [-0.4, -0.2) is 26.5 Å². The molecule has 0 saturated heterocycles. The van der Waals surface area contributed by atoms with E-state index >= 15 is 0 Å². The van der Waals surface area contributed by atoms with E-state index < -0.39 is 60.8 Å². The van der Waals surface area contributed by atoms with Crippen molar-refractivity contribution < 1.29 is 29.1 Å². The second kappa shape index (κ2) is 8.16. The smallest absolute Gasteiger partial charge is 0.339 e. The van der Waals surface area contributed by atoms with Crippen molar-refractivity contribution in [1.82, 2.24) is 0 Å². The Morgan fingerprint density at radius 1 is 0.824 bits per heavy atom. The third-order valence-electron chi connectivity index (χ3n) is 5.35. The van der Waals surface area contributed by atoms with Gasteiger partial charge in [0.15, 0.2) is 5.78 Å². The van der Waals surface area contributed by atoms with E-state index in [0.29, 0.717) is 11.6 Å². The lowest BCUT2D eigenvalue weighted by atomic mass is 9.99. The summed E-state index contributed by atoms with van der Waals surface area (Å²) in [5.41, 5.74) is -3.49. The van der Waals surface area contributed by atoms with E-state index in [-0.39, 0.29) is 16.7 Å². The summed E-state index contributed by atoms with van der Waals surface area (Å²) in [5, 5.41) is 34.6. The second-order valence-corrected chi connectivity index (χ2v) is 7.36. The second-order valence-electron chi connectivity index (χ2n) is 7.36. The minimum absolute atomic E-state index is 0.313. The van der Waals surface area contributed by atoms with Crippen molar-refractivity contribution in [3.8, 4) is 11.1 Å². The van der Waals surface area contributed by atoms with Crippen LogP contribution in [0.3, 0.4) is 0 Å². The molecule has 1 unspecified atom stereocenters. The molecule has 12 nitrogen and oxygen atoms in total. The number of fused-ring (bicyclic) bond motifs is 3. The van der Waals surface area contributed by atoms with Gasteiger partial charge in [0.1, 0.15) is 6.10 Å². The minimum atomic E-state index is -0.957. The first-order chi connectivity index (χ1) is 16.1. The summed E-state index contributed by atoms with van der Waals surface area (Å²) in [4.78, 5) is 57.6. The molecule has 0 heterocycles. The van der Waals surface area contributed by atoms with Crippen LogP contribution in [0.4, 0.5) is 17.1 Å². The van der Waals surface area contributed by atoms with E-state index in [9.17, 15) is 39.9 Å². The Hall–Kier alpha value is -5.00. The van der Waals surface area contributed by atoms with Crippen LogP contribution in [0.25, 0.3) is 11.1 Å². The molecule has 0 spiro atoms. The van der Waals surface area contributed by atoms with E-state index in [1.165, 1.54) is 0 Å². The molecule has 3 aromatic rings. The van der Waals surface area contributed by atoms with Gasteiger partial charge in [-0.3, -0.25) is 35.1 Å². The fourth-order valence-electron chi connectivity index (χ4n) is 3.80. The Morgan fingerprint density at radius 2 is 1.38 bits per heavy atom. The molecule has 4 rings (SSSR count). The number of carbonyl (C=O) groups excluding carboxylic acids is 2. The van der Waals surface area contributed by atoms with Crippen LogP contribution in [0.1, 0.15) is 44.9 Å². The highest BCUT2D eigenvalue weighted by molar-refractivity contribution is 6.25. The van der Waals surface area contributed by atoms with Gasteiger partial charge >= 0.3 is 5.97 Å². The van der Waals surface area contributed by atoms with Crippen molar-refractivity contribution in [2.45, 2.75) is 13.0 Å². The molecule has 0 amide bonds. The molecule has 1 aliphatic carbocycles. The standard InChI is InChI=1S/C22H13N3O9/c1-11(12-5-3-2-4-6-12)34-22(27)13-7-15-19(17(8-13)24(30)31)20-16(21(15)26)9-14(23(28)29)10-18(20)25(32)33/h2-11H,1H3. The molecule has 0 radical (unpaired) electrons. The Bertz CT molecular complexity index is 1420. The number of rotatable bonds is 6. The predicted octanol–water partition coefficient (Wildman–Crippen LogP) is 4.54. The minimum Gasteiger partial charge on any atom is -0.454 e. The van der Waals surface area contributed by atoms with Gasteiger partial charge in [0, 0.05) is 23.3 Å². The molecule has 0 N–H and O–H groups in total. The third-order valence-corrected chi connectivity index (χ3v) is 5.35. The summed E-state index contributed by atoms with van der Waals surface area (Å²) < 4.78 is 5.37. The zero-order valence-electron chi connectivity index (χ0n) is 17.3. The van der Waals surface area contributed by atoms with Crippen LogP contribution in [0.5, 0.6) is 0 Å². The number of nitro benzene ring substituents is 3. The van der Waals surface area contributed by atoms with E-state index in [2.05, 4.69) is 0 Å². The largest absolute Gasteiger partial charge is 0.454 e. The third kappa shape index (κ3) is 3.62. The number of non-ortho nitro benzene ring substituents is 1. The average molecular weight is 463 g/mol. The first kappa shape index (κ1) is 22.2. The quantitative estimate of drug-likeness (QED) is 0.226. The Labute approximate surface area is 189 Å². The van der Waals surface area contributed by atoms with Crippen LogP contribution in [0.15, 0.2) is 54.6 Å². The van der Waals surface area contributed by atoms with Crippen molar-refractivity contribution >= 4 is 28.8 Å². The summed E-state index contributed by atoms with van der Waals surface area (Å²) in [6.07, 6.45) is -0.711. The van der Waals surface area contributed by atoms with Gasteiger partial charge in [-0.2, -0.15) is 0 Å². The number of esters is 1. The molecule has 0 aliphatic heterocycles. The maximum absolute atomic E-state index is 13.0.